The Morgan fingerprint density at radius 3 is 2.25 bits per heavy atom. The molecule has 2 amide bonds. The van der Waals surface area contributed by atoms with Gasteiger partial charge in [-0.05, 0) is 41.3 Å². The number of likely N-dealkylation sites (N-methyl/N-ethyl adjacent to an activating group) is 3. The number of rotatable bonds is 9. The van der Waals surface area contributed by atoms with Crippen molar-refractivity contribution in [3.63, 3.8) is 0 Å². The van der Waals surface area contributed by atoms with Gasteiger partial charge in [0.1, 0.15) is 6.04 Å². The Labute approximate surface area is 194 Å². The zero-order valence-electron chi connectivity index (χ0n) is 19.4. The molecule has 32 heavy (non-hydrogen) atoms. The summed E-state index contributed by atoms with van der Waals surface area (Å²) in [4.78, 5) is 29.4. The third-order valence-corrected chi connectivity index (χ3v) is 6.79. The van der Waals surface area contributed by atoms with Crippen molar-refractivity contribution in [1.82, 2.24) is 20.2 Å². The molecule has 6 nitrogen and oxygen atoms in total. The van der Waals surface area contributed by atoms with E-state index in [1.54, 1.807) is 47.4 Å². The van der Waals surface area contributed by atoms with Crippen LogP contribution in [-0.4, -0.2) is 74.1 Å². The van der Waals surface area contributed by atoms with E-state index in [0.717, 1.165) is 15.8 Å². The summed E-state index contributed by atoms with van der Waals surface area (Å²) < 4.78 is 0. The summed E-state index contributed by atoms with van der Waals surface area (Å²) in [5.74, 6) is -0.206. The quantitative estimate of drug-likeness (QED) is 0.507. The minimum absolute atomic E-state index is 0.0947. The van der Waals surface area contributed by atoms with Crippen LogP contribution in [0, 0.1) is 0 Å². The first-order chi connectivity index (χ1) is 15.3. The van der Waals surface area contributed by atoms with E-state index in [0.29, 0.717) is 12.8 Å². The highest BCUT2D eigenvalue weighted by Gasteiger charge is 2.33. The van der Waals surface area contributed by atoms with Gasteiger partial charge in [-0.1, -0.05) is 48.5 Å². The van der Waals surface area contributed by atoms with Crippen LogP contribution in [0.4, 0.5) is 0 Å². The van der Waals surface area contributed by atoms with Gasteiger partial charge >= 0.3 is 0 Å². The maximum Gasteiger partial charge on any atom is 0.259 e. The van der Waals surface area contributed by atoms with Gasteiger partial charge in [0.2, 0.25) is 5.91 Å². The Morgan fingerprint density at radius 1 is 0.906 bits per heavy atom. The monoisotopic (exact) mass is 452 g/mol. The fraction of sp³-hybridized carbons (Fsp3) is 0.360. The molecule has 0 spiro atoms. The van der Waals surface area contributed by atoms with Crippen molar-refractivity contribution in [2.24, 2.45) is 0 Å². The molecule has 1 N–H and O–H groups in total. The smallest absolute Gasteiger partial charge is 0.259 e. The number of fused-ring (bicyclic) bond motifs is 1. The Hall–Kier alpha value is -2.74. The van der Waals surface area contributed by atoms with Gasteiger partial charge in [0, 0.05) is 39.5 Å². The van der Waals surface area contributed by atoms with Gasteiger partial charge in [0.15, 0.2) is 0 Å². The molecule has 2 atom stereocenters. The van der Waals surface area contributed by atoms with Crippen molar-refractivity contribution >= 4 is 33.9 Å². The van der Waals surface area contributed by atoms with Crippen molar-refractivity contribution in [2.75, 3.05) is 35.2 Å². The minimum Gasteiger partial charge on any atom is -0.332 e. The van der Waals surface area contributed by atoms with E-state index in [1.165, 1.54) is 5.39 Å². The van der Waals surface area contributed by atoms with Crippen molar-refractivity contribution in [1.29, 1.82) is 0 Å². The molecule has 0 aliphatic rings. The topological polar surface area (TPSA) is 55.9 Å². The summed E-state index contributed by atoms with van der Waals surface area (Å²) >= 11 is 1.60. The highest BCUT2D eigenvalue weighted by Crippen LogP contribution is 2.19. The summed E-state index contributed by atoms with van der Waals surface area (Å²) in [5.41, 5.74) is 1.08. The largest absolute Gasteiger partial charge is 0.332 e. The minimum atomic E-state index is -0.582. The second-order valence-corrected chi connectivity index (χ2v) is 9.22. The molecule has 2 aromatic carbocycles. The first-order valence-electron chi connectivity index (χ1n) is 10.7. The predicted molar refractivity (Wildman–Crippen MR) is 132 cm³/mol. The number of carbonyl (C=O) groups is 2. The van der Waals surface area contributed by atoms with Crippen LogP contribution in [0.3, 0.4) is 0 Å². The molecule has 0 unspecified atom stereocenters. The summed E-state index contributed by atoms with van der Waals surface area (Å²) in [6.07, 6.45) is 1.04. The normalized spacial score (nSPS) is 13.2. The van der Waals surface area contributed by atoms with Crippen molar-refractivity contribution < 1.29 is 9.59 Å². The van der Waals surface area contributed by atoms with Gasteiger partial charge in [0.25, 0.3) is 5.91 Å². The highest BCUT2D eigenvalue weighted by atomic mass is 32.1. The number of thiophene rings is 1. The van der Waals surface area contributed by atoms with Crippen molar-refractivity contribution in [3.8, 4) is 0 Å². The van der Waals surface area contributed by atoms with Gasteiger partial charge in [-0.15, -0.1) is 11.3 Å². The van der Waals surface area contributed by atoms with Crippen LogP contribution in [-0.2, 0) is 22.4 Å². The van der Waals surface area contributed by atoms with Crippen LogP contribution in [0.5, 0.6) is 0 Å². The molecule has 3 rings (SSSR count). The molecule has 3 aromatic rings. The standard InChI is InChI=1S/C25H32N4O2S/c1-26-22(16-18-12-13-19-9-6-7-10-20(19)15-18)24(30)28(4)23(17-21-11-8-14-32-21)25(31)29(5)27(2)3/h6-15,22-23,26H,16-17H2,1-5H3/t22-,23-/m1/s1. The Morgan fingerprint density at radius 2 is 1.62 bits per heavy atom. The number of amides is 2. The van der Waals surface area contributed by atoms with E-state index in [2.05, 4.69) is 35.6 Å². The average Bonchev–Trinajstić information content (AvgIpc) is 3.32. The van der Waals surface area contributed by atoms with E-state index in [9.17, 15) is 9.59 Å². The summed E-state index contributed by atoms with van der Waals surface area (Å²) in [6.45, 7) is 0. The number of nitrogens with one attached hydrogen (secondary N) is 1. The molecule has 170 valence electrons. The second-order valence-electron chi connectivity index (χ2n) is 8.18. The van der Waals surface area contributed by atoms with Crippen LogP contribution < -0.4 is 5.32 Å². The maximum absolute atomic E-state index is 13.5. The number of benzene rings is 2. The fourth-order valence-electron chi connectivity index (χ4n) is 3.74. The summed E-state index contributed by atoms with van der Waals surface area (Å²) in [6, 6.07) is 17.4. The number of hydrogen-bond donors (Lipinski definition) is 1. The van der Waals surface area contributed by atoms with Crippen LogP contribution in [0.15, 0.2) is 60.0 Å². The molecular weight excluding hydrogens is 420 g/mol. The van der Waals surface area contributed by atoms with Gasteiger partial charge in [-0.2, -0.15) is 0 Å². The van der Waals surface area contributed by atoms with Crippen LogP contribution in [0.1, 0.15) is 10.4 Å². The molecule has 0 radical (unpaired) electrons. The lowest BCUT2D eigenvalue weighted by Crippen LogP contribution is -2.56. The Balaban J connectivity index is 1.81. The zero-order chi connectivity index (χ0) is 23.3. The third kappa shape index (κ3) is 5.54. The second kappa shape index (κ2) is 10.7. The van der Waals surface area contributed by atoms with E-state index >= 15 is 0 Å². The molecule has 7 heteroatoms. The summed E-state index contributed by atoms with van der Waals surface area (Å²) in [5, 5.41) is 10.8. The molecule has 0 saturated carbocycles. The van der Waals surface area contributed by atoms with Crippen LogP contribution in [0.25, 0.3) is 10.8 Å². The van der Waals surface area contributed by atoms with E-state index < -0.39 is 12.1 Å². The first kappa shape index (κ1) is 23.9. The van der Waals surface area contributed by atoms with E-state index in [1.807, 2.05) is 43.7 Å². The van der Waals surface area contributed by atoms with Gasteiger partial charge in [0.05, 0.1) is 6.04 Å². The maximum atomic E-state index is 13.5. The molecule has 0 fully saturated rings. The van der Waals surface area contributed by atoms with Gasteiger partial charge in [-0.25, -0.2) is 5.01 Å². The third-order valence-electron chi connectivity index (χ3n) is 5.89. The SMILES string of the molecule is CN[C@H](Cc1ccc2ccccc2c1)C(=O)N(C)[C@H](Cc1cccs1)C(=O)N(C)N(C)C. The number of hydrogen-bond acceptors (Lipinski definition) is 5. The molecule has 0 aliphatic heterocycles. The van der Waals surface area contributed by atoms with Crippen molar-refractivity contribution in [2.45, 2.75) is 24.9 Å². The first-order valence-corrected chi connectivity index (χ1v) is 11.6. The van der Waals surface area contributed by atoms with Crippen LogP contribution >= 0.6 is 11.3 Å². The number of hydrazine groups is 1. The Kier molecular flexibility index (Phi) is 8.01. The number of nitrogens with zero attached hydrogens (tertiary/aromatic N) is 3. The molecule has 0 aliphatic carbocycles. The summed E-state index contributed by atoms with van der Waals surface area (Å²) in [7, 11) is 8.88. The van der Waals surface area contributed by atoms with Gasteiger partial charge in [-0.3, -0.25) is 14.6 Å². The lowest BCUT2D eigenvalue weighted by Gasteiger charge is -2.35. The average molecular weight is 453 g/mol. The predicted octanol–water partition coefficient (Wildman–Crippen LogP) is 3.04. The molecule has 1 heterocycles. The van der Waals surface area contributed by atoms with Gasteiger partial charge < -0.3 is 10.2 Å². The van der Waals surface area contributed by atoms with E-state index in [-0.39, 0.29) is 11.8 Å². The lowest BCUT2D eigenvalue weighted by atomic mass is 10.00. The fourth-order valence-corrected chi connectivity index (χ4v) is 4.48. The number of carbonyl (C=O) groups excluding carboxylic acids is 2. The molecular formula is C25H32N4O2S. The molecule has 0 saturated heterocycles. The Bertz CT molecular complexity index is 1050. The molecule has 0 bridgehead atoms. The molecule has 1 aromatic heterocycles. The van der Waals surface area contributed by atoms with E-state index in [4.69, 9.17) is 0 Å². The van der Waals surface area contributed by atoms with Crippen molar-refractivity contribution in [3.05, 3.63) is 70.4 Å². The van der Waals surface area contributed by atoms with Crippen LogP contribution in [0.2, 0.25) is 0 Å². The lowest BCUT2D eigenvalue weighted by molar-refractivity contribution is -0.152. The highest BCUT2D eigenvalue weighted by molar-refractivity contribution is 7.09. The zero-order valence-corrected chi connectivity index (χ0v) is 20.2.